The van der Waals surface area contributed by atoms with Crippen molar-refractivity contribution in [3.05, 3.63) is 113 Å². The fourth-order valence-electron chi connectivity index (χ4n) is 4.68. The summed E-state index contributed by atoms with van der Waals surface area (Å²) in [5.41, 5.74) is 10.0. The van der Waals surface area contributed by atoms with Crippen LogP contribution in [0, 0.1) is 31.9 Å². The molecule has 3 heterocycles. The van der Waals surface area contributed by atoms with Gasteiger partial charge >= 0.3 is 0 Å². The van der Waals surface area contributed by atoms with E-state index in [2.05, 4.69) is 75.1 Å². The Labute approximate surface area is 233 Å². The second kappa shape index (κ2) is 11.8. The molecule has 0 atom stereocenters. The van der Waals surface area contributed by atoms with E-state index in [1.807, 2.05) is 42.5 Å². The first-order chi connectivity index (χ1) is 17.5. The number of rotatable bonds is 3. The normalized spacial score (nSPS) is 11.5. The fourth-order valence-corrected chi connectivity index (χ4v) is 4.68. The van der Waals surface area contributed by atoms with Crippen LogP contribution >= 0.6 is 0 Å². The van der Waals surface area contributed by atoms with E-state index in [4.69, 9.17) is 9.72 Å². The van der Waals surface area contributed by atoms with Crippen molar-refractivity contribution in [2.45, 2.75) is 40.7 Å². The molecule has 0 unspecified atom stereocenters. The van der Waals surface area contributed by atoms with Crippen LogP contribution < -0.4 is 4.74 Å². The minimum absolute atomic E-state index is 0. The van der Waals surface area contributed by atoms with E-state index in [1.165, 1.54) is 22.1 Å². The molecule has 0 spiro atoms. The van der Waals surface area contributed by atoms with Gasteiger partial charge in [0.15, 0.2) is 0 Å². The van der Waals surface area contributed by atoms with Crippen LogP contribution in [0.2, 0.25) is 0 Å². The molecule has 3 aromatic carbocycles. The molecule has 0 bridgehead atoms. The van der Waals surface area contributed by atoms with Gasteiger partial charge in [-0.25, -0.2) is 0 Å². The van der Waals surface area contributed by atoms with Crippen molar-refractivity contribution in [2.75, 3.05) is 0 Å². The summed E-state index contributed by atoms with van der Waals surface area (Å²) in [6, 6.07) is 31.0. The van der Waals surface area contributed by atoms with Crippen LogP contribution in [0.25, 0.3) is 33.4 Å². The minimum Gasteiger partial charge on any atom is -0.506 e. The number of hydrogen-bond acceptors (Lipinski definition) is 3. The quantitative estimate of drug-likeness (QED) is 0.184. The smallest absolute Gasteiger partial charge is 0.104 e. The Morgan fingerprint density at radius 1 is 0.973 bits per heavy atom. The Bertz CT molecular complexity index is 1460. The molecule has 0 saturated carbocycles. The fraction of sp³-hybridized carbons (Fsp3) is 0.212. The van der Waals surface area contributed by atoms with Gasteiger partial charge in [0.2, 0.25) is 0 Å². The van der Waals surface area contributed by atoms with E-state index in [0.29, 0.717) is 12.5 Å². The van der Waals surface area contributed by atoms with Crippen molar-refractivity contribution < 1.29 is 24.8 Å². The van der Waals surface area contributed by atoms with Gasteiger partial charge in [-0.1, -0.05) is 57.5 Å². The van der Waals surface area contributed by atoms with Crippen LogP contribution in [0.5, 0.6) is 5.75 Å². The van der Waals surface area contributed by atoms with Gasteiger partial charge in [0, 0.05) is 37.4 Å². The van der Waals surface area contributed by atoms with Gasteiger partial charge in [-0.3, -0.25) is 4.98 Å². The predicted molar refractivity (Wildman–Crippen MR) is 147 cm³/mol. The summed E-state index contributed by atoms with van der Waals surface area (Å²) in [5, 5.41) is 1.21. The third kappa shape index (κ3) is 5.98. The van der Waals surface area contributed by atoms with Gasteiger partial charge in [-0.05, 0) is 41.8 Å². The molecule has 6 rings (SSSR count). The topological polar surface area (TPSA) is 35.0 Å². The molecule has 0 amide bonds. The first kappa shape index (κ1) is 26.7. The van der Waals surface area contributed by atoms with Crippen molar-refractivity contribution in [1.29, 1.82) is 0 Å². The average molecular weight is 663 g/mol. The van der Waals surface area contributed by atoms with Gasteiger partial charge in [0.25, 0.3) is 0 Å². The summed E-state index contributed by atoms with van der Waals surface area (Å²) in [7, 11) is 0. The Morgan fingerprint density at radius 2 is 1.81 bits per heavy atom. The predicted octanol–water partition coefficient (Wildman–Crippen LogP) is 7.96. The summed E-state index contributed by atoms with van der Waals surface area (Å²) in [4.78, 5) is 9.17. The van der Waals surface area contributed by atoms with Crippen molar-refractivity contribution in [1.82, 2.24) is 9.97 Å². The maximum Gasteiger partial charge on any atom is 0.104 e. The number of pyridine rings is 2. The van der Waals surface area contributed by atoms with Crippen molar-refractivity contribution in [3.8, 4) is 28.3 Å². The largest absolute Gasteiger partial charge is 0.506 e. The second-order valence-corrected chi connectivity index (χ2v) is 9.69. The third-order valence-electron chi connectivity index (χ3n) is 6.33. The zero-order valence-electron chi connectivity index (χ0n) is 21.6. The average Bonchev–Trinajstić information content (AvgIpc) is 2.89. The first-order valence-corrected chi connectivity index (χ1v) is 12.5. The summed E-state index contributed by atoms with van der Waals surface area (Å²) in [5.74, 6) is 1.50. The number of ether oxygens (including phenoxy) is 1. The van der Waals surface area contributed by atoms with Crippen LogP contribution in [0.1, 0.15) is 36.1 Å². The van der Waals surface area contributed by atoms with Crippen molar-refractivity contribution >= 4 is 10.9 Å². The molecule has 1 radical (unpaired) electrons. The molecule has 1 aliphatic heterocycles. The van der Waals surface area contributed by atoms with E-state index in [0.717, 1.165) is 45.8 Å². The summed E-state index contributed by atoms with van der Waals surface area (Å²) < 4.78 is 6.06. The molecule has 0 N–H and O–H groups in total. The maximum absolute atomic E-state index is 6.06. The van der Waals surface area contributed by atoms with E-state index in [1.54, 1.807) is 6.20 Å². The zero-order valence-corrected chi connectivity index (χ0v) is 24.0. The van der Waals surface area contributed by atoms with E-state index in [-0.39, 0.29) is 20.1 Å². The Kier molecular flexibility index (Phi) is 8.53. The molecule has 1 aliphatic rings. The summed E-state index contributed by atoms with van der Waals surface area (Å²) >= 11 is 0. The SMILES string of the molecule is Cc1[c-]c2c(c(C)c1)COc1cc3c(CC(C)C)cccc3nc1-2.[Ir].[c-]1ccccc1-c1ccccn1. The molecule has 0 fully saturated rings. The van der Waals surface area contributed by atoms with Gasteiger partial charge in [0.1, 0.15) is 5.75 Å². The molecule has 5 aromatic rings. The number of aromatic nitrogens is 2. The molecule has 0 aliphatic carbocycles. The van der Waals surface area contributed by atoms with Gasteiger partial charge < -0.3 is 9.72 Å². The molecule has 2 aromatic heterocycles. The molecule has 0 saturated heterocycles. The zero-order chi connectivity index (χ0) is 25.1. The Hall–Kier alpha value is -3.33. The minimum atomic E-state index is 0. The van der Waals surface area contributed by atoms with Gasteiger partial charge in [-0.15, -0.1) is 64.7 Å². The third-order valence-corrected chi connectivity index (χ3v) is 6.33. The van der Waals surface area contributed by atoms with Crippen LogP contribution in [0.4, 0.5) is 0 Å². The van der Waals surface area contributed by atoms with E-state index in [9.17, 15) is 0 Å². The first-order valence-electron chi connectivity index (χ1n) is 12.5. The number of nitrogens with zero attached hydrogens (tertiary/aromatic N) is 2. The molecular weight excluding hydrogens is 633 g/mol. The van der Waals surface area contributed by atoms with E-state index < -0.39 is 0 Å². The number of aryl methyl sites for hydroxylation is 2. The molecule has 189 valence electrons. The van der Waals surface area contributed by atoms with Crippen LogP contribution in [-0.4, -0.2) is 9.97 Å². The maximum atomic E-state index is 6.06. The summed E-state index contributed by atoms with van der Waals surface area (Å²) in [6.45, 7) is 9.32. The van der Waals surface area contributed by atoms with Crippen molar-refractivity contribution in [3.63, 3.8) is 0 Å². The van der Waals surface area contributed by atoms with Crippen LogP contribution in [0.3, 0.4) is 0 Å². The van der Waals surface area contributed by atoms with E-state index >= 15 is 0 Å². The van der Waals surface area contributed by atoms with Crippen LogP contribution in [-0.2, 0) is 33.1 Å². The van der Waals surface area contributed by atoms with Crippen molar-refractivity contribution in [2.24, 2.45) is 5.92 Å². The molecular formula is C33H30IrN2O-2. The summed E-state index contributed by atoms with van der Waals surface area (Å²) in [6.07, 6.45) is 2.84. The number of benzene rings is 3. The standard InChI is InChI=1S/C22H22NO.C11H8N.Ir/c1-13(2)8-16-6-5-7-20-17(16)11-21-22(23-20)18-10-14(3)9-15(4)19(18)12-24-21;1-2-6-10(7-3-1)11-8-4-5-9-12-11;/h5-7,9,11,13H,8,12H2,1-4H3;1-6,8-9H;/q2*-1;. The van der Waals surface area contributed by atoms with Gasteiger partial charge in [0.05, 0.1) is 12.1 Å². The number of hydrogen-bond donors (Lipinski definition) is 0. The Morgan fingerprint density at radius 3 is 2.54 bits per heavy atom. The molecule has 37 heavy (non-hydrogen) atoms. The number of fused-ring (bicyclic) bond motifs is 4. The second-order valence-electron chi connectivity index (χ2n) is 9.69. The molecule has 3 nitrogen and oxygen atoms in total. The van der Waals surface area contributed by atoms with Gasteiger partial charge in [-0.2, -0.15) is 0 Å². The monoisotopic (exact) mass is 663 g/mol. The van der Waals surface area contributed by atoms with Crippen LogP contribution in [0.15, 0.2) is 79.0 Å². The molecule has 4 heteroatoms. The Balaban J connectivity index is 0.000000208.